The minimum atomic E-state index is -0.275. The molecule has 0 aliphatic rings. The fourth-order valence-corrected chi connectivity index (χ4v) is 2.45. The van der Waals surface area contributed by atoms with Gasteiger partial charge < -0.3 is 0 Å². The van der Waals surface area contributed by atoms with Gasteiger partial charge in [0.05, 0.1) is 0 Å². The Hall–Kier alpha value is -0.570. The van der Waals surface area contributed by atoms with Crippen LogP contribution in [0.2, 0.25) is 10.0 Å². The van der Waals surface area contributed by atoms with Gasteiger partial charge in [-0.25, -0.2) is 4.39 Å². The van der Waals surface area contributed by atoms with Gasteiger partial charge in [0, 0.05) is 20.9 Å². The molecule has 0 atom stereocenters. The van der Waals surface area contributed by atoms with E-state index in [1.54, 1.807) is 18.2 Å². The second kappa shape index (κ2) is 5.38. The van der Waals surface area contributed by atoms with Crippen LogP contribution in [0.3, 0.4) is 0 Å². The van der Waals surface area contributed by atoms with Crippen LogP contribution in [-0.2, 0) is 5.33 Å². The molecule has 4 heteroatoms. The third kappa shape index (κ3) is 3.01. The third-order valence-corrected chi connectivity index (χ3v) is 3.55. The molecule has 0 bridgehead atoms. The Bertz CT molecular complexity index is 555. The highest BCUT2D eigenvalue weighted by Gasteiger charge is 2.07. The highest BCUT2D eigenvalue weighted by atomic mass is 79.9. The van der Waals surface area contributed by atoms with E-state index in [9.17, 15) is 4.39 Å². The van der Waals surface area contributed by atoms with Crippen LogP contribution in [0.1, 0.15) is 5.56 Å². The Kier molecular flexibility index (Phi) is 4.08. The molecule has 2 aromatic rings. The summed E-state index contributed by atoms with van der Waals surface area (Å²) in [5.41, 5.74) is 2.39. The lowest BCUT2D eigenvalue weighted by Gasteiger charge is -2.07. The molecule has 0 aliphatic carbocycles. The Balaban J connectivity index is 2.55. The number of alkyl halides is 1. The predicted octanol–water partition coefficient (Wildman–Crippen LogP) is 5.69. The van der Waals surface area contributed by atoms with Crippen molar-refractivity contribution in [2.24, 2.45) is 0 Å². The zero-order valence-corrected chi connectivity index (χ0v) is 11.8. The number of rotatable bonds is 2. The fourth-order valence-electron chi connectivity index (χ4n) is 1.61. The minimum Gasteiger partial charge on any atom is -0.207 e. The average molecular weight is 334 g/mol. The van der Waals surface area contributed by atoms with E-state index in [4.69, 9.17) is 23.2 Å². The SMILES string of the molecule is Fc1cc(CBr)cc(-c2ccc(Cl)cc2Cl)c1. The first-order valence-electron chi connectivity index (χ1n) is 4.91. The highest BCUT2D eigenvalue weighted by Crippen LogP contribution is 2.31. The highest BCUT2D eigenvalue weighted by molar-refractivity contribution is 9.08. The van der Waals surface area contributed by atoms with Crippen molar-refractivity contribution in [1.29, 1.82) is 0 Å². The summed E-state index contributed by atoms with van der Waals surface area (Å²) in [4.78, 5) is 0. The lowest BCUT2D eigenvalue weighted by Crippen LogP contribution is -1.86. The summed E-state index contributed by atoms with van der Waals surface area (Å²) in [6.45, 7) is 0. The summed E-state index contributed by atoms with van der Waals surface area (Å²) < 4.78 is 13.4. The summed E-state index contributed by atoms with van der Waals surface area (Å²) in [5, 5.41) is 1.68. The molecule has 0 amide bonds. The van der Waals surface area contributed by atoms with E-state index >= 15 is 0 Å². The zero-order valence-electron chi connectivity index (χ0n) is 8.68. The maximum absolute atomic E-state index is 13.4. The van der Waals surface area contributed by atoms with Crippen molar-refractivity contribution in [3.63, 3.8) is 0 Å². The molecule has 0 aromatic heterocycles. The maximum Gasteiger partial charge on any atom is 0.124 e. The van der Waals surface area contributed by atoms with Crippen molar-refractivity contribution < 1.29 is 4.39 Å². The summed E-state index contributed by atoms with van der Waals surface area (Å²) in [6, 6.07) is 10.0. The fraction of sp³-hybridized carbons (Fsp3) is 0.0769. The van der Waals surface area contributed by atoms with Crippen LogP contribution in [0.25, 0.3) is 11.1 Å². The van der Waals surface area contributed by atoms with Crippen LogP contribution in [0, 0.1) is 5.82 Å². The van der Waals surface area contributed by atoms with Crippen molar-refractivity contribution in [1.82, 2.24) is 0 Å². The van der Waals surface area contributed by atoms with Crippen molar-refractivity contribution in [3.8, 4) is 11.1 Å². The van der Waals surface area contributed by atoms with Crippen molar-refractivity contribution in [3.05, 3.63) is 57.8 Å². The number of benzene rings is 2. The molecule has 0 heterocycles. The second-order valence-electron chi connectivity index (χ2n) is 3.61. The Labute approximate surface area is 117 Å². The van der Waals surface area contributed by atoms with Gasteiger partial charge in [0.2, 0.25) is 0 Å². The molecule has 0 saturated carbocycles. The minimum absolute atomic E-state index is 0.275. The average Bonchev–Trinajstić information content (AvgIpc) is 2.28. The molecule has 0 N–H and O–H groups in total. The summed E-state index contributed by atoms with van der Waals surface area (Å²) in [5.74, 6) is -0.275. The van der Waals surface area contributed by atoms with Crippen LogP contribution >= 0.6 is 39.1 Å². The molecule has 0 nitrogen and oxygen atoms in total. The van der Waals surface area contributed by atoms with Crippen molar-refractivity contribution >= 4 is 39.1 Å². The van der Waals surface area contributed by atoms with E-state index in [0.717, 1.165) is 16.7 Å². The second-order valence-corrected chi connectivity index (χ2v) is 5.01. The Morgan fingerprint density at radius 3 is 2.47 bits per heavy atom. The molecule has 0 spiro atoms. The van der Waals surface area contributed by atoms with Crippen LogP contribution < -0.4 is 0 Å². The van der Waals surface area contributed by atoms with Gasteiger partial charge in [-0.15, -0.1) is 0 Å². The molecule has 88 valence electrons. The van der Waals surface area contributed by atoms with Gasteiger partial charge in [-0.3, -0.25) is 0 Å². The van der Waals surface area contributed by atoms with Gasteiger partial charge in [0.1, 0.15) is 5.82 Å². The molecule has 0 aliphatic heterocycles. The van der Waals surface area contributed by atoms with Gasteiger partial charge in [-0.1, -0.05) is 51.3 Å². The van der Waals surface area contributed by atoms with E-state index in [1.807, 2.05) is 6.07 Å². The van der Waals surface area contributed by atoms with Gasteiger partial charge in [-0.2, -0.15) is 0 Å². The Morgan fingerprint density at radius 2 is 1.82 bits per heavy atom. The van der Waals surface area contributed by atoms with Crippen molar-refractivity contribution in [2.45, 2.75) is 5.33 Å². The standard InChI is InChI=1S/C13H8BrCl2F/c14-7-8-3-9(5-11(17)4-8)12-2-1-10(15)6-13(12)16/h1-6H,7H2. The van der Waals surface area contributed by atoms with E-state index in [-0.39, 0.29) is 5.82 Å². The summed E-state index contributed by atoms with van der Waals surface area (Å²) in [7, 11) is 0. The van der Waals surface area contributed by atoms with Crippen LogP contribution in [0.4, 0.5) is 4.39 Å². The van der Waals surface area contributed by atoms with Crippen LogP contribution in [0.5, 0.6) is 0 Å². The molecule has 0 radical (unpaired) electrons. The lowest BCUT2D eigenvalue weighted by molar-refractivity contribution is 0.627. The number of halogens is 4. The molecular weight excluding hydrogens is 326 g/mol. The first-order chi connectivity index (χ1) is 8.10. The quantitative estimate of drug-likeness (QED) is 0.619. The summed E-state index contributed by atoms with van der Waals surface area (Å²) in [6.07, 6.45) is 0. The van der Waals surface area contributed by atoms with Crippen molar-refractivity contribution in [2.75, 3.05) is 0 Å². The molecule has 2 aromatic carbocycles. The van der Waals surface area contributed by atoms with E-state index in [2.05, 4.69) is 15.9 Å². The molecule has 2 rings (SSSR count). The molecule has 0 saturated heterocycles. The number of hydrogen-bond acceptors (Lipinski definition) is 0. The third-order valence-electron chi connectivity index (χ3n) is 2.35. The van der Waals surface area contributed by atoms with Crippen LogP contribution in [-0.4, -0.2) is 0 Å². The largest absolute Gasteiger partial charge is 0.207 e. The first-order valence-corrected chi connectivity index (χ1v) is 6.79. The smallest absolute Gasteiger partial charge is 0.124 e. The van der Waals surface area contributed by atoms with Crippen LogP contribution in [0.15, 0.2) is 36.4 Å². The van der Waals surface area contributed by atoms with Gasteiger partial charge in [0.15, 0.2) is 0 Å². The van der Waals surface area contributed by atoms with E-state index in [0.29, 0.717) is 15.4 Å². The van der Waals surface area contributed by atoms with E-state index < -0.39 is 0 Å². The molecule has 0 fully saturated rings. The summed E-state index contributed by atoms with van der Waals surface area (Å²) >= 11 is 15.2. The van der Waals surface area contributed by atoms with Gasteiger partial charge >= 0.3 is 0 Å². The maximum atomic E-state index is 13.4. The molecule has 0 unspecified atom stereocenters. The van der Waals surface area contributed by atoms with Gasteiger partial charge in [0.25, 0.3) is 0 Å². The topological polar surface area (TPSA) is 0 Å². The normalized spacial score (nSPS) is 10.6. The first kappa shape index (κ1) is 12.9. The monoisotopic (exact) mass is 332 g/mol. The molecule has 17 heavy (non-hydrogen) atoms. The Morgan fingerprint density at radius 1 is 1.06 bits per heavy atom. The zero-order chi connectivity index (χ0) is 12.4. The lowest BCUT2D eigenvalue weighted by atomic mass is 10.0. The van der Waals surface area contributed by atoms with Gasteiger partial charge in [-0.05, 0) is 35.4 Å². The number of hydrogen-bond donors (Lipinski definition) is 0. The molecular formula is C13H8BrCl2F. The van der Waals surface area contributed by atoms with E-state index in [1.165, 1.54) is 12.1 Å². The predicted molar refractivity (Wildman–Crippen MR) is 74.5 cm³/mol.